The number of nitrogens with zero attached hydrogens (tertiary/aromatic N) is 1. The fourth-order valence-corrected chi connectivity index (χ4v) is 3.54. The zero-order chi connectivity index (χ0) is 11.4. The minimum absolute atomic E-state index is 0.929. The molecule has 2 nitrogen and oxygen atoms in total. The molecule has 0 aromatic carbocycles. The maximum absolute atomic E-state index is 4.75. The van der Waals surface area contributed by atoms with Gasteiger partial charge in [-0.3, -0.25) is 0 Å². The van der Waals surface area contributed by atoms with E-state index in [9.17, 15) is 0 Å². The Kier molecular flexibility index (Phi) is 4.09. The van der Waals surface area contributed by atoms with Crippen molar-refractivity contribution in [1.82, 2.24) is 10.3 Å². The van der Waals surface area contributed by atoms with Gasteiger partial charge in [-0.25, -0.2) is 4.98 Å². The van der Waals surface area contributed by atoms with Crippen molar-refractivity contribution >= 4 is 22.7 Å². The van der Waals surface area contributed by atoms with Crippen LogP contribution in [0, 0.1) is 0 Å². The lowest BCUT2D eigenvalue weighted by Crippen LogP contribution is -2.05. The van der Waals surface area contributed by atoms with E-state index in [1.807, 2.05) is 18.4 Å². The summed E-state index contributed by atoms with van der Waals surface area (Å²) in [5.74, 6) is 0. The van der Waals surface area contributed by atoms with Gasteiger partial charge in [0.1, 0.15) is 5.01 Å². The fourth-order valence-electron chi connectivity index (χ4n) is 1.62. The highest BCUT2D eigenvalue weighted by molar-refractivity contribution is 7.21. The number of hydrogen-bond donors (Lipinski definition) is 1. The van der Waals surface area contributed by atoms with E-state index < -0.39 is 0 Å². The zero-order valence-electron chi connectivity index (χ0n) is 9.62. The minimum Gasteiger partial charge on any atom is -0.315 e. The minimum atomic E-state index is 0.929. The summed E-state index contributed by atoms with van der Waals surface area (Å²) in [6, 6.07) is 4.22. The molecule has 0 amide bonds. The van der Waals surface area contributed by atoms with Gasteiger partial charge >= 0.3 is 0 Å². The molecule has 2 aromatic rings. The number of aryl methyl sites for hydroxylation is 1. The van der Waals surface area contributed by atoms with E-state index in [4.69, 9.17) is 4.98 Å². The van der Waals surface area contributed by atoms with Crippen LogP contribution in [0.2, 0.25) is 0 Å². The van der Waals surface area contributed by atoms with Crippen molar-refractivity contribution in [3.63, 3.8) is 0 Å². The Bertz CT molecular complexity index is 408. The van der Waals surface area contributed by atoms with Gasteiger partial charge in [-0.2, -0.15) is 0 Å². The van der Waals surface area contributed by atoms with E-state index in [-0.39, 0.29) is 0 Å². The summed E-state index contributed by atoms with van der Waals surface area (Å²) in [6.45, 7) is 3.13. The number of thiazole rings is 1. The van der Waals surface area contributed by atoms with Crippen LogP contribution in [0.15, 0.2) is 17.5 Å². The highest BCUT2D eigenvalue weighted by Gasteiger charge is 2.11. The molecule has 86 valence electrons. The molecule has 0 fully saturated rings. The lowest BCUT2D eigenvalue weighted by atomic mass is 10.2. The summed E-state index contributed by atoms with van der Waals surface area (Å²) in [6.07, 6.45) is 2.24. The molecular formula is C12H16N2S2. The quantitative estimate of drug-likeness (QED) is 0.880. The summed E-state index contributed by atoms with van der Waals surface area (Å²) in [5, 5.41) is 6.49. The molecule has 1 N–H and O–H groups in total. The van der Waals surface area contributed by atoms with Gasteiger partial charge in [0.15, 0.2) is 0 Å². The monoisotopic (exact) mass is 252 g/mol. The van der Waals surface area contributed by atoms with Crippen molar-refractivity contribution in [2.45, 2.75) is 26.3 Å². The average Bonchev–Trinajstić information content (AvgIpc) is 2.89. The molecule has 0 radical (unpaired) electrons. The van der Waals surface area contributed by atoms with Gasteiger partial charge in [0, 0.05) is 11.4 Å². The molecule has 0 aliphatic heterocycles. The third-order valence-electron chi connectivity index (χ3n) is 2.33. The van der Waals surface area contributed by atoms with Crippen molar-refractivity contribution in [3.05, 3.63) is 28.1 Å². The molecule has 0 atom stereocenters. The van der Waals surface area contributed by atoms with Crippen LogP contribution in [0.4, 0.5) is 0 Å². The summed E-state index contributed by atoms with van der Waals surface area (Å²) in [7, 11) is 1.99. The summed E-state index contributed by atoms with van der Waals surface area (Å²) >= 11 is 3.58. The topological polar surface area (TPSA) is 24.9 Å². The number of nitrogens with one attached hydrogen (secondary N) is 1. The largest absolute Gasteiger partial charge is 0.315 e. The Morgan fingerprint density at radius 2 is 2.31 bits per heavy atom. The Balaban J connectivity index is 2.30. The first kappa shape index (κ1) is 11.8. The van der Waals surface area contributed by atoms with Gasteiger partial charge < -0.3 is 5.32 Å². The van der Waals surface area contributed by atoms with Crippen LogP contribution in [0.25, 0.3) is 9.88 Å². The third kappa shape index (κ3) is 2.51. The fraction of sp³-hybridized carbons (Fsp3) is 0.417. The molecule has 0 aliphatic carbocycles. The first-order chi connectivity index (χ1) is 7.85. The van der Waals surface area contributed by atoms with E-state index in [1.54, 1.807) is 11.3 Å². The second kappa shape index (κ2) is 5.57. The molecule has 2 heterocycles. The van der Waals surface area contributed by atoms with Crippen molar-refractivity contribution < 1.29 is 0 Å². The normalized spacial score (nSPS) is 10.9. The first-order valence-corrected chi connectivity index (χ1v) is 7.21. The highest BCUT2D eigenvalue weighted by atomic mass is 32.1. The molecule has 0 spiro atoms. The molecule has 0 saturated heterocycles. The predicted octanol–water partition coefficient (Wildman–Crippen LogP) is 3.54. The Morgan fingerprint density at radius 3 is 2.94 bits per heavy atom. The number of aromatic nitrogens is 1. The SMILES string of the molecule is CCCc1nc(-c2cccs2)sc1CNC. The molecule has 0 unspecified atom stereocenters. The highest BCUT2D eigenvalue weighted by Crippen LogP contribution is 2.31. The summed E-state index contributed by atoms with van der Waals surface area (Å²) in [4.78, 5) is 7.41. The molecular weight excluding hydrogens is 236 g/mol. The van der Waals surface area contributed by atoms with Crippen molar-refractivity contribution in [2.75, 3.05) is 7.05 Å². The number of hydrogen-bond acceptors (Lipinski definition) is 4. The number of rotatable bonds is 5. The van der Waals surface area contributed by atoms with Crippen molar-refractivity contribution in [2.24, 2.45) is 0 Å². The van der Waals surface area contributed by atoms with Gasteiger partial charge in [0.05, 0.1) is 10.6 Å². The lowest BCUT2D eigenvalue weighted by molar-refractivity contribution is 0.798. The first-order valence-electron chi connectivity index (χ1n) is 5.52. The maximum atomic E-state index is 4.75. The van der Waals surface area contributed by atoms with Gasteiger partial charge in [-0.15, -0.1) is 22.7 Å². The zero-order valence-corrected chi connectivity index (χ0v) is 11.3. The van der Waals surface area contributed by atoms with Gasteiger partial charge in [-0.05, 0) is 24.9 Å². The van der Waals surface area contributed by atoms with E-state index in [0.717, 1.165) is 19.4 Å². The van der Waals surface area contributed by atoms with Crippen LogP contribution in [0.1, 0.15) is 23.9 Å². The van der Waals surface area contributed by atoms with E-state index in [1.165, 1.54) is 20.5 Å². The molecule has 16 heavy (non-hydrogen) atoms. The lowest BCUT2D eigenvalue weighted by Gasteiger charge is -1.98. The van der Waals surface area contributed by atoms with Crippen molar-refractivity contribution in [3.8, 4) is 9.88 Å². The summed E-state index contributed by atoms with van der Waals surface area (Å²) in [5.41, 5.74) is 1.27. The second-order valence-electron chi connectivity index (χ2n) is 3.65. The molecule has 0 saturated carbocycles. The van der Waals surface area contributed by atoms with Gasteiger partial charge in [0.25, 0.3) is 0 Å². The molecule has 4 heteroatoms. The van der Waals surface area contributed by atoms with Crippen LogP contribution >= 0.6 is 22.7 Å². The third-order valence-corrected chi connectivity index (χ3v) is 4.47. The molecule has 0 aliphatic rings. The smallest absolute Gasteiger partial charge is 0.133 e. The van der Waals surface area contributed by atoms with Crippen LogP contribution in [0.3, 0.4) is 0 Å². The van der Waals surface area contributed by atoms with E-state index in [2.05, 4.69) is 29.8 Å². The maximum Gasteiger partial charge on any atom is 0.133 e. The Morgan fingerprint density at radius 1 is 1.44 bits per heavy atom. The predicted molar refractivity (Wildman–Crippen MR) is 72.2 cm³/mol. The van der Waals surface area contributed by atoms with Gasteiger partial charge in [-0.1, -0.05) is 19.4 Å². The van der Waals surface area contributed by atoms with Crippen LogP contribution < -0.4 is 5.32 Å². The van der Waals surface area contributed by atoms with Crippen LogP contribution in [0.5, 0.6) is 0 Å². The molecule has 2 rings (SSSR count). The van der Waals surface area contributed by atoms with E-state index >= 15 is 0 Å². The van der Waals surface area contributed by atoms with Crippen molar-refractivity contribution in [1.29, 1.82) is 0 Å². The van der Waals surface area contributed by atoms with E-state index in [0.29, 0.717) is 0 Å². The Hall–Kier alpha value is -0.710. The van der Waals surface area contributed by atoms with Crippen LogP contribution in [-0.4, -0.2) is 12.0 Å². The average molecular weight is 252 g/mol. The van der Waals surface area contributed by atoms with Gasteiger partial charge in [0.2, 0.25) is 0 Å². The number of thiophene rings is 1. The second-order valence-corrected chi connectivity index (χ2v) is 5.68. The standard InChI is InChI=1S/C12H16N2S2/c1-3-5-9-11(8-13-2)16-12(14-9)10-6-4-7-15-10/h4,6-7,13H,3,5,8H2,1-2H3. The molecule has 0 bridgehead atoms. The molecule has 2 aromatic heterocycles. The van der Waals surface area contributed by atoms with Crippen LogP contribution in [-0.2, 0) is 13.0 Å². The Labute approximate surface area is 104 Å². The summed E-state index contributed by atoms with van der Waals surface area (Å²) < 4.78 is 0.